The molecule has 9 nitrogen and oxygen atoms in total. The Morgan fingerprint density at radius 2 is 1.97 bits per heavy atom. The van der Waals surface area contributed by atoms with Crippen molar-refractivity contribution >= 4 is 23.1 Å². The first-order valence-electron chi connectivity index (χ1n) is 9.95. The molecule has 2 aromatic carbocycles. The molecule has 0 saturated heterocycles. The van der Waals surface area contributed by atoms with Crippen molar-refractivity contribution in [3.63, 3.8) is 0 Å². The minimum atomic E-state index is -0.254. The van der Waals surface area contributed by atoms with Gasteiger partial charge in [-0.1, -0.05) is 12.1 Å². The predicted octanol–water partition coefficient (Wildman–Crippen LogP) is 3.69. The highest BCUT2D eigenvalue weighted by Crippen LogP contribution is 2.26. The van der Waals surface area contributed by atoms with Crippen molar-refractivity contribution in [1.29, 1.82) is 0 Å². The zero-order valence-electron chi connectivity index (χ0n) is 17.7. The van der Waals surface area contributed by atoms with Crippen LogP contribution in [0.5, 0.6) is 17.4 Å². The largest absolute Gasteiger partial charge is 0.491 e. The van der Waals surface area contributed by atoms with Crippen LogP contribution in [0.2, 0.25) is 0 Å². The Hall–Kier alpha value is -4.11. The second-order valence-electron chi connectivity index (χ2n) is 7.04. The normalized spacial score (nSPS) is 10.8. The molecule has 4 rings (SSSR count). The number of nitrogens with zero attached hydrogens (tertiary/aromatic N) is 3. The second-order valence-corrected chi connectivity index (χ2v) is 7.04. The van der Waals surface area contributed by atoms with Crippen LogP contribution in [0.15, 0.2) is 60.8 Å². The van der Waals surface area contributed by atoms with Gasteiger partial charge in [0.05, 0.1) is 12.8 Å². The highest BCUT2D eigenvalue weighted by Gasteiger charge is 2.11. The molecular formula is C23H23N5O4. The summed E-state index contributed by atoms with van der Waals surface area (Å²) in [5.41, 5.74) is 8.33. The number of rotatable bonds is 8. The Balaban J connectivity index is 1.48. The highest BCUT2D eigenvalue weighted by molar-refractivity contribution is 6.05. The lowest BCUT2D eigenvalue weighted by atomic mass is 10.1. The summed E-state index contributed by atoms with van der Waals surface area (Å²) in [6.07, 6.45) is 1.61. The van der Waals surface area contributed by atoms with Crippen LogP contribution in [-0.2, 0) is 4.74 Å². The maximum atomic E-state index is 12.8. The molecule has 3 N–H and O–H groups in total. The summed E-state index contributed by atoms with van der Waals surface area (Å²) in [6, 6.07) is 15.9. The van der Waals surface area contributed by atoms with E-state index in [1.165, 1.54) is 0 Å². The van der Waals surface area contributed by atoms with E-state index in [4.69, 9.17) is 19.9 Å². The van der Waals surface area contributed by atoms with Gasteiger partial charge in [0.1, 0.15) is 23.9 Å². The molecule has 0 spiro atoms. The van der Waals surface area contributed by atoms with Crippen LogP contribution in [-0.4, -0.2) is 40.8 Å². The van der Waals surface area contributed by atoms with Crippen molar-refractivity contribution in [3.8, 4) is 17.4 Å². The first-order valence-corrected chi connectivity index (χ1v) is 9.95. The lowest BCUT2D eigenvalue weighted by molar-refractivity contribution is 0.102. The van der Waals surface area contributed by atoms with Gasteiger partial charge in [0.15, 0.2) is 5.65 Å². The Kier molecular flexibility index (Phi) is 6.18. The molecule has 0 aliphatic carbocycles. The van der Waals surface area contributed by atoms with Gasteiger partial charge in [-0.15, -0.1) is 5.10 Å². The van der Waals surface area contributed by atoms with Gasteiger partial charge in [-0.3, -0.25) is 4.79 Å². The number of aromatic nitrogens is 3. The van der Waals surface area contributed by atoms with Crippen LogP contribution in [0.1, 0.15) is 15.9 Å². The van der Waals surface area contributed by atoms with Crippen LogP contribution in [0.25, 0.3) is 5.65 Å². The first kappa shape index (κ1) is 21.1. The van der Waals surface area contributed by atoms with Gasteiger partial charge in [0, 0.05) is 30.5 Å². The zero-order chi connectivity index (χ0) is 22.5. The van der Waals surface area contributed by atoms with Gasteiger partial charge < -0.3 is 25.3 Å². The fourth-order valence-corrected chi connectivity index (χ4v) is 3.02. The van der Waals surface area contributed by atoms with Crippen molar-refractivity contribution < 1.29 is 19.0 Å². The number of aryl methyl sites for hydroxylation is 1. The topological polar surface area (TPSA) is 113 Å². The van der Waals surface area contributed by atoms with Gasteiger partial charge in [0.25, 0.3) is 5.91 Å². The van der Waals surface area contributed by atoms with Gasteiger partial charge in [-0.25, -0.2) is 9.50 Å². The summed E-state index contributed by atoms with van der Waals surface area (Å²) >= 11 is 0. The Labute approximate surface area is 184 Å². The van der Waals surface area contributed by atoms with Crippen molar-refractivity contribution in [2.24, 2.45) is 0 Å². The number of ether oxygens (including phenoxy) is 3. The fourth-order valence-electron chi connectivity index (χ4n) is 3.02. The minimum absolute atomic E-state index is 0.254. The Morgan fingerprint density at radius 3 is 2.81 bits per heavy atom. The number of benzene rings is 2. The maximum Gasteiger partial charge on any atom is 0.255 e. The second kappa shape index (κ2) is 9.36. The molecule has 164 valence electrons. The molecule has 0 fully saturated rings. The zero-order valence-corrected chi connectivity index (χ0v) is 17.7. The standard InChI is InChI=1S/C23H23N5O4/c1-15-6-7-18(32-22-9-8-21-26-20(24)14-28(21)27-22)13-19(15)25-23(29)16-4-3-5-17(12-16)31-11-10-30-2/h3-9,12-14H,10-11,24H2,1-2H3,(H,25,29). The number of imidazole rings is 1. The van der Waals surface area contributed by atoms with E-state index in [9.17, 15) is 4.79 Å². The number of anilines is 2. The van der Waals surface area contributed by atoms with Crippen LogP contribution in [0.3, 0.4) is 0 Å². The molecule has 0 radical (unpaired) electrons. The molecule has 1 amide bonds. The van der Waals surface area contributed by atoms with Crippen LogP contribution < -0.4 is 20.5 Å². The molecule has 0 saturated carbocycles. The van der Waals surface area contributed by atoms with Gasteiger partial charge in [0.2, 0.25) is 5.88 Å². The third-order valence-electron chi connectivity index (χ3n) is 4.65. The number of carbonyl (C=O) groups is 1. The average Bonchev–Trinajstić information content (AvgIpc) is 3.16. The average molecular weight is 433 g/mol. The third-order valence-corrected chi connectivity index (χ3v) is 4.65. The van der Waals surface area contributed by atoms with Crippen molar-refractivity contribution in [1.82, 2.24) is 14.6 Å². The first-order chi connectivity index (χ1) is 15.5. The molecule has 4 aromatic rings. The third kappa shape index (κ3) is 4.96. The number of hydrogen-bond donors (Lipinski definition) is 2. The van der Waals surface area contributed by atoms with E-state index < -0.39 is 0 Å². The molecule has 0 bridgehead atoms. The SMILES string of the molecule is COCCOc1cccc(C(=O)Nc2cc(Oc3ccc4nc(N)cn4n3)ccc2C)c1. The number of nitrogens with one attached hydrogen (secondary N) is 1. The van der Waals surface area contributed by atoms with E-state index in [2.05, 4.69) is 15.4 Å². The van der Waals surface area contributed by atoms with Gasteiger partial charge in [-0.2, -0.15) is 0 Å². The smallest absolute Gasteiger partial charge is 0.255 e. The van der Waals surface area contributed by atoms with E-state index in [0.717, 1.165) is 5.56 Å². The Bertz CT molecular complexity index is 1250. The van der Waals surface area contributed by atoms with E-state index in [0.29, 0.717) is 53.3 Å². The summed E-state index contributed by atoms with van der Waals surface area (Å²) in [5, 5.41) is 7.26. The quantitative estimate of drug-likeness (QED) is 0.408. The van der Waals surface area contributed by atoms with E-state index in [-0.39, 0.29) is 5.91 Å². The fraction of sp³-hybridized carbons (Fsp3) is 0.174. The minimum Gasteiger partial charge on any atom is -0.491 e. The van der Waals surface area contributed by atoms with Crippen LogP contribution in [0.4, 0.5) is 11.5 Å². The molecule has 32 heavy (non-hydrogen) atoms. The molecular weight excluding hydrogens is 410 g/mol. The molecule has 2 aromatic heterocycles. The number of nitrogen functional groups attached to an aromatic ring is 1. The molecule has 0 unspecified atom stereocenters. The number of carbonyl (C=O) groups excluding carboxylic acids is 1. The molecule has 0 aliphatic rings. The van der Waals surface area contributed by atoms with Crippen molar-refractivity contribution in [2.75, 3.05) is 31.4 Å². The predicted molar refractivity (Wildman–Crippen MR) is 120 cm³/mol. The number of fused-ring (bicyclic) bond motifs is 1. The van der Waals surface area contributed by atoms with Crippen LogP contribution >= 0.6 is 0 Å². The van der Waals surface area contributed by atoms with E-state index in [1.807, 2.05) is 19.1 Å². The summed E-state index contributed by atoms with van der Waals surface area (Å²) in [6.45, 7) is 2.78. The maximum absolute atomic E-state index is 12.8. The number of nitrogens with two attached hydrogens (primary N) is 1. The number of amides is 1. The highest BCUT2D eigenvalue weighted by atomic mass is 16.5. The molecule has 2 heterocycles. The van der Waals surface area contributed by atoms with Crippen molar-refractivity contribution in [3.05, 3.63) is 71.9 Å². The number of methoxy groups -OCH3 is 1. The summed E-state index contributed by atoms with van der Waals surface area (Å²) in [7, 11) is 1.61. The summed E-state index contributed by atoms with van der Waals surface area (Å²) in [5.74, 6) is 1.63. The van der Waals surface area contributed by atoms with E-state index in [1.54, 1.807) is 60.3 Å². The summed E-state index contributed by atoms with van der Waals surface area (Å²) in [4.78, 5) is 16.9. The molecule has 0 atom stereocenters. The monoisotopic (exact) mass is 433 g/mol. The van der Waals surface area contributed by atoms with E-state index >= 15 is 0 Å². The lowest BCUT2D eigenvalue weighted by Crippen LogP contribution is -2.13. The van der Waals surface area contributed by atoms with Crippen LogP contribution in [0, 0.1) is 6.92 Å². The molecule has 9 heteroatoms. The Morgan fingerprint density at radius 1 is 1.09 bits per heavy atom. The van der Waals surface area contributed by atoms with Crippen molar-refractivity contribution in [2.45, 2.75) is 6.92 Å². The van der Waals surface area contributed by atoms with Gasteiger partial charge in [-0.05, 0) is 42.8 Å². The number of hydrogen-bond acceptors (Lipinski definition) is 7. The molecule has 0 aliphatic heterocycles. The van der Waals surface area contributed by atoms with Gasteiger partial charge >= 0.3 is 0 Å². The lowest BCUT2D eigenvalue weighted by Gasteiger charge is -2.12. The summed E-state index contributed by atoms with van der Waals surface area (Å²) < 4.78 is 18.0.